The largest absolute Gasteiger partial charge is 0.383 e. The molecule has 0 aliphatic rings. The van der Waals surface area contributed by atoms with Gasteiger partial charge in [-0.15, -0.1) is 0 Å². The molecule has 0 aromatic carbocycles. The van der Waals surface area contributed by atoms with Crippen LogP contribution < -0.4 is 5.73 Å². The average Bonchev–Trinajstić information content (AvgIpc) is 2.66. The van der Waals surface area contributed by atoms with E-state index in [-0.39, 0.29) is 0 Å². The molecule has 0 aliphatic carbocycles. The summed E-state index contributed by atoms with van der Waals surface area (Å²) in [5.41, 5.74) is 9.81. The van der Waals surface area contributed by atoms with Crippen molar-refractivity contribution in [1.82, 2.24) is 19.9 Å². The van der Waals surface area contributed by atoms with Crippen molar-refractivity contribution in [3.8, 4) is 11.4 Å². The summed E-state index contributed by atoms with van der Waals surface area (Å²) in [6.07, 6.45) is 3.44. The lowest BCUT2D eigenvalue weighted by molar-refractivity contribution is 1.18. The molecule has 0 aliphatic heterocycles. The first-order chi connectivity index (χ1) is 8.66. The third kappa shape index (κ3) is 1.52. The molecule has 0 unspecified atom stereocenters. The molecule has 3 aromatic rings. The molecule has 90 valence electrons. The van der Waals surface area contributed by atoms with E-state index in [9.17, 15) is 0 Å². The smallest absolute Gasteiger partial charge is 0.165 e. The molecule has 18 heavy (non-hydrogen) atoms. The maximum atomic E-state index is 6.02. The predicted molar refractivity (Wildman–Crippen MR) is 71.0 cm³/mol. The second-order valence-corrected chi connectivity index (χ2v) is 4.27. The van der Waals surface area contributed by atoms with Crippen LogP contribution in [0.5, 0.6) is 0 Å². The monoisotopic (exact) mass is 239 g/mol. The van der Waals surface area contributed by atoms with E-state index < -0.39 is 0 Å². The maximum absolute atomic E-state index is 6.02. The summed E-state index contributed by atoms with van der Waals surface area (Å²) in [7, 11) is 0. The molecular formula is C13H13N5. The van der Waals surface area contributed by atoms with Gasteiger partial charge in [0.25, 0.3) is 0 Å². The lowest BCUT2D eigenvalue weighted by Gasteiger charge is -2.02. The van der Waals surface area contributed by atoms with Crippen molar-refractivity contribution in [1.29, 1.82) is 0 Å². The fourth-order valence-electron chi connectivity index (χ4n) is 2.02. The van der Waals surface area contributed by atoms with Gasteiger partial charge in [0.05, 0.1) is 5.39 Å². The Morgan fingerprint density at radius 3 is 2.78 bits per heavy atom. The van der Waals surface area contributed by atoms with Gasteiger partial charge in [-0.2, -0.15) is 0 Å². The molecule has 5 heteroatoms. The van der Waals surface area contributed by atoms with Crippen LogP contribution >= 0.6 is 0 Å². The number of aromatic amines is 1. The highest BCUT2D eigenvalue weighted by molar-refractivity contribution is 5.91. The molecule has 0 spiro atoms. The third-order valence-electron chi connectivity index (χ3n) is 3.10. The zero-order valence-corrected chi connectivity index (χ0v) is 10.2. The van der Waals surface area contributed by atoms with Crippen LogP contribution in [0.25, 0.3) is 22.4 Å². The standard InChI is InChI=1S/C13H13N5/c1-7-8(2)16-13-10(7)11(14)17-12(18-13)9-4-3-5-15-6-9/h3-6H,1-2H3,(H3,14,16,17,18). The number of fused-ring (bicyclic) bond motifs is 1. The van der Waals surface area contributed by atoms with Crippen molar-refractivity contribution in [2.24, 2.45) is 0 Å². The minimum Gasteiger partial charge on any atom is -0.383 e. The van der Waals surface area contributed by atoms with E-state index >= 15 is 0 Å². The second kappa shape index (κ2) is 3.80. The zero-order chi connectivity index (χ0) is 12.7. The molecule has 0 bridgehead atoms. The molecule has 5 nitrogen and oxygen atoms in total. The Balaban J connectivity index is 2.28. The van der Waals surface area contributed by atoms with E-state index in [1.54, 1.807) is 12.4 Å². The fraction of sp³-hybridized carbons (Fsp3) is 0.154. The van der Waals surface area contributed by atoms with Gasteiger partial charge in [-0.05, 0) is 31.5 Å². The summed E-state index contributed by atoms with van der Waals surface area (Å²) in [5, 5.41) is 0.903. The summed E-state index contributed by atoms with van der Waals surface area (Å²) < 4.78 is 0. The van der Waals surface area contributed by atoms with Gasteiger partial charge in [-0.3, -0.25) is 4.98 Å². The Bertz CT molecular complexity index is 715. The number of aryl methyl sites for hydroxylation is 2. The van der Waals surface area contributed by atoms with Gasteiger partial charge < -0.3 is 10.7 Å². The van der Waals surface area contributed by atoms with Crippen LogP contribution in [0, 0.1) is 13.8 Å². The number of pyridine rings is 1. The highest BCUT2D eigenvalue weighted by Gasteiger charge is 2.12. The number of aromatic nitrogens is 4. The van der Waals surface area contributed by atoms with Crippen molar-refractivity contribution >= 4 is 16.9 Å². The highest BCUT2D eigenvalue weighted by Crippen LogP contribution is 2.26. The number of nitrogens with two attached hydrogens (primary N) is 1. The second-order valence-electron chi connectivity index (χ2n) is 4.27. The number of rotatable bonds is 1. The van der Waals surface area contributed by atoms with E-state index in [0.29, 0.717) is 11.6 Å². The third-order valence-corrected chi connectivity index (χ3v) is 3.10. The van der Waals surface area contributed by atoms with Crippen LogP contribution in [-0.4, -0.2) is 19.9 Å². The van der Waals surface area contributed by atoms with Gasteiger partial charge in [0, 0.05) is 23.7 Å². The van der Waals surface area contributed by atoms with E-state index in [1.165, 1.54) is 0 Å². The average molecular weight is 239 g/mol. The Morgan fingerprint density at radius 1 is 1.22 bits per heavy atom. The SMILES string of the molecule is Cc1[nH]c2nc(-c3cccnc3)nc(N)c2c1C. The van der Waals surface area contributed by atoms with Gasteiger partial charge in [0.2, 0.25) is 0 Å². The molecule has 3 rings (SSSR count). The Hall–Kier alpha value is -2.43. The van der Waals surface area contributed by atoms with Crippen LogP contribution in [0.15, 0.2) is 24.5 Å². The quantitative estimate of drug-likeness (QED) is 0.682. The summed E-state index contributed by atoms with van der Waals surface area (Å²) in [6, 6.07) is 3.76. The van der Waals surface area contributed by atoms with Crippen molar-refractivity contribution in [2.45, 2.75) is 13.8 Å². The maximum Gasteiger partial charge on any atom is 0.165 e. The number of hydrogen-bond acceptors (Lipinski definition) is 4. The summed E-state index contributed by atoms with van der Waals surface area (Å²) >= 11 is 0. The van der Waals surface area contributed by atoms with Crippen LogP contribution in [0.3, 0.4) is 0 Å². The van der Waals surface area contributed by atoms with E-state index in [1.807, 2.05) is 26.0 Å². The van der Waals surface area contributed by atoms with Gasteiger partial charge in [-0.25, -0.2) is 9.97 Å². The van der Waals surface area contributed by atoms with Gasteiger partial charge in [0.1, 0.15) is 11.5 Å². The lowest BCUT2D eigenvalue weighted by atomic mass is 10.2. The van der Waals surface area contributed by atoms with E-state index in [0.717, 1.165) is 27.9 Å². The van der Waals surface area contributed by atoms with E-state index in [2.05, 4.69) is 19.9 Å². The predicted octanol–water partition coefficient (Wildman–Crippen LogP) is 2.22. The molecule has 3 aromatic heterocycles. The minimum absolute atomic E-state index is 0.501. The fourth-order valence-corrected chi connectivity index (χ4v) is 2.02. The molecule has 0 saturated carbocycles. The van der Waals surface area contributed by atoms with Crippen molar-refractivity contribution in [3.05, 3.63) is 35.8 Å². The Labute approximate surface area is 104 Å². The van der Waals surface area contributed by atoms with Crippen LogP contribution in [0.2, 0.25) is 0 Å². The number of H-pyrrole nitrogens is 1. The molecule has 0 saturated heterocycles. The van der Waals surface area contributed by atoms with Crippen molar-refractivity contribution < 1.29 is 0 Å². The molecule has 3 heterocycles. The molecule has 0 atom stereocenters. The van der Waals surface area contributed by atoms with Gasteiger partial charge >= 0.3 is 0 Å². The number of nitrogens with zero attached hydrogens (tertiary/aromatic N) is 3. The normalized spacial score (nSPS) is 11.0. The Kier molecular flexibility index (Phi) is 2.26. The topological polar surface area (TPSA) is 80.5 Å². The number of nitrogen functional groups attached to an aromatic ring is 1. The van der Waals surface area contributed by atoms with E-state index in [4.69, 9.17) is 5.73 Å². The van der Waals surface area contributed by atoms with Gasteiger partial charge in [-0.1, -0.05) is 0 Å². The molecule has 0 radical (unpaired) electrons. The van der Waals surface area contributed by atoms with Crippen LogP contribution in [0.4, 0.5) is 5.82 Å². The number of anilines is 1. The highest BCUT2D eigenvalue weighted by atomic mass is 15.0. The summed E-state index contributed by atoms with van der Waals surface area (Å²) in [5.74, 6) is 1.09. The lowest BCUT2D eigenvalue weighted by Crippen LogP contribution is -1.97. The number of nitrogens with one attached hydrogen (secondary N) is 1. The summed E-state index contributed by atoms with van der Waals surface area (Å²) in [6.45, 7) is 4.01. The van der Waals surface area contributed by atoms with Crippen molar-refractivity contribution in [2.75, 3.05) is 5.73 Å². The molecular weight excluding hydrogens is 226 g/mol. The first-order valence-electron chi connectivity index (χ1n) is 5.69. The number of hydrogen-bond donors (Lipinski definition) is 2. The Morgan fingerprint density at radius 2 is 2.06 bits per heavy atom. The van der Waals surface area contributed by atoms with Crippen LogP contribution in [0.1, 0.15) is 11.3 Å². The zero-order valence-electron chi connectivity index (χ0n) is 10.2. The van der Waals surface area contributed by atoms with Gasteiger partial charge in [0.15, 0.2) is 5.82 Å². The van der Waals surface area contributed by atoms with Crippen LogP contribution in [-0.2, 0) is 0 Å². The molecule has 0 fully saturated rings. The minimum atomic E-state index is 0.501. The van der Waals surface area contributed by atoms with Crippen molar-refractivity contribution in [3.63, 3.8) is 0 Å². The first-order valence-corrected chi connectivity index (χ1v) is 5.69. The summed E-state index contributed by atoms with van der Waals surface area (Å²) in [4.78, 5) is 16.1. The molecule has 3 N–H and O–H groups in total. The first kappa shape index (κ1) is 10.7. The molecule has 0 amide bonds.